The van der Waals surface area contributed by atoms with E-state index in [2.05, 4.69) is 6.58 Å². The molecule has 0 heterocycles. The molecule has 1 aromatic carbocycles. The number of amides is 4. The summed E-state index contributed by atoms with van der Waals surface area (Å²) in [5.74, 6) is 17.3. The lowest BCUT2D eigenvalue weighted by atomic mass is 10.1. The Balaban J connectivity index is 0.000000477. The second-order valence-corrected chi connectivity index (χ2v) is 4.31. The number of carbonyl (C=O) groups excluding carboxylic acids is 4. The maximum atomic E-state index is 11.2. The van der Waals surface area contributed by atoms with Crippen LogP contribution in [-0.4, -0.2) is 23.6 Å². The van der Waals surface area contributed by atoms with Crippen LogP contribution in [0.5, 0.6) is 0 Å². The van der Waals surface area contributed by atoms with Crippen LogP contribution in [0.3, 0.4) is 0 Å². The molecule has 12 N–H and O–H groups in total. The molecule has 0 aliphatic heterocycles. The van der Waals surface area contributed by atoms with Crippen LogP contribution in [0.4, 0.5) is 0 Å². The van der Waals surface area contributed by atoms with Crippen molar-refractivity contribution in [3.8, 4) is 0 Å². The minimum absolute atomic E-state index is 0.0652. The van der Waals surface area contributed by atoms with Crippen LogP contribution >= 0.6 is 0 Å². The van der Waals surface area contributed by atoms with Crippen LogP contribution in [0.1, 0.15) is 27.1 Å². The van der Waals surface area contributed by atoms with Crippen molar-refractivity contribution in [3.63, 3.8) is 0 Å². The van der Waals surface area contributed by atoms with E-state index in [1.807, 2.05) is 21.7 Å². The third-order valence-corrected chi connectivity index (χ3v) is 2.67. The van der Waals surface area contributed by atoms with Gasteiger partial charge in [0.15, 0.2) is 0 Å². The molecule has 0 atom stereocenters. The van der Waals surface area contributed by atoms with E-state index in [4.69, 9.17) is 23.4 Å². The van der Waals surface area contributed by atoms with Gasteiger partial charge in [0.25, 0.3) is 17.7 Å². The summed E-state index contributed by atoms with van der Waals surface area (Å²) in [5.41, 5.74) is 7.99. The molecule has 0 aromatic heterocycles. The molecule has 1 rings (SSSR count). The smallest absolute Gasteiger partial charge is 0.265 e. The van der Waals surface area contributed by atoms with E-state index in [-0.39, 0.29) is 23.1 Å². The summed E-state index contributed by atoms with van der Waals surface area (Å²) in [6, 6.07) is 6.20. The summed E-state index contributed by atoms with van der Waals surface area (Å²) in [4.78, 5) is 43.5. The first-order valence-corrected chi connectivity index (χ1v) is 6.61. The highest BCUT2D eigenvalue weighted by molar-refractivity contribution is 6.06. The van der Waals surface area contributed by atoms with Crippen LogP contribution in [0.2, 0.25) is 0 Å². The Morgan fingerprint density at radius 3 is 1.56 bits per heavy atom. The van der Waals surface area contributed by atoms with Crippen molar-refractivity contribution >= 4 is 23.6 Å². The lowest BCUT2D eigenvalue weighted by Gasteiger charge is -2.05. The van der Waals surface area contributed by atoms with Crippen molar-refractivity contribution < 1.29 is 19.2 Å². The maximum absolute atomic E-state index is 11.2. The minimum atomic E-state index is -0.575. The Hall–Kier alpha value is -3.32. The molecule has 4 amide bonds. The first kappa shape index (κ1) is 21.7. The van der Waals surface area contributed by atoms with Gasteiger partial charge in [0.05, 0.1) is 17.5 Å². The molecule has 12 nitrogen and oxygen atoms in total. The van der Waals surface area contributed by atoms with Gasteiger partial charge in [-0.05, 0) is 12.1 Å². The van der Waals surface area contributed by atoms with E-state index >= 15 is 0 Å². The molecule has 25 heavy (non-hydrogen) atoms. The molecular weight excluding hydrogens is 332 g/mol. The second kappa shape index (κ2) is 11.3. The number of nitrogen functional groups attached to an aromatic ring is 2. The lowest BCUT2D eigenvalue weighted by molar-refractivity contribution is -0.123. The molecule has 0 aliphatic carbocycles. The van der Waals surface area contributed by atoms with E-state index in [9.17, 15) is 19.2 Å². The summed E-state index contributed by atoms with van der Waals surface area (Å²) in [6.45, 7) is 3.30. The third kappa shape index (κ3) is 7.19. The number of rotatable bonds is 5. The van der Waals surface area contributed by atoms with Gasteiger partial charge in [-0.15, -0.1) is 0 Å². The summed E-state index contributed by atoms with van der Waals surface area (Å²) in [6.07, 6.45) is -0.153. The van der Waals surface area contributed by atoms with Gasteiger partial charge in [-0.3, -0.25) is 40.9 Å². The lowest BCUT2D eigenvalue weighted by Crippen LogP contribution is -2.35. The summed E-state index contributed by atoms with van der Waals surface area (Å²) in [7, 11) is 0. The number of hydrogen-bond acceptors (Lipinski definition) is 8. The van der Waals surface area contributed by atoms with E-state index in [0.717, 1.165) is 0 Å². The number of benzene rings is 1. The van der Waals surface area contributed by atoms with Crippen molar-refractivity contribution in [2.75, 3.05) is 0 Å². The van der Waals surface area contributed by atoms with Crippen molar-refractivity contribution in [3.05, 3.63) is 47.5 Å². The Kier molecular flexibility index (Phi) is 9.76. The highest BCUT2D eigenvalue weighted by Gasteiger charge is 2.14. The van der Waals surface area contributed by atoms with Gasteiger partial charge in [0.2, 0.25) is 5.91 Å². The molecule has 136 valence electrons. The quantitative estimate of drug-likeness (QED) is 0.116. The number of hydrogen-bond donors (Lipinski definition) is 8. The van der Waals surface area contributed by atoms with Crippen molar-refractivity contribution in [2.45, 2.75) is 6.42 Å². The monoisotopic (exact) mass is 352 g/mol. The Bertz CT molecular complexity index is 626. The number of carbonyl (C=O) groups is 4. The van der Waals surface area contributed by atoms with Gasteiger partial charge >= 0.3 is 0 Å². The van der Waals surface area contributed by atoms with Gasteiger partial charge in [0, 0.05) is 5.57 Å². The molecule has 0 radical (unpaired) electrons. The maximum Gasteiger partial charge on any atom is 0.265 e. The van der Waals surface area contributed by atoms with Gasteiger partial charge < -0.3 is 0 Å². The molecule has 0 saturated heterocycles. The number of nitrogens with one attached hydrogen (secondary N) is 4. The van der Waals surface area contributed by atoms with Gasteiger partial charge in [-0.1, -0.05) is 18.7 Å². The minimum Gasteiger partial charge on any atom is -0.294 e. The average molecular weight is 352 g/mol. The predicted octanol–water partition coefficient (Wildman–Crippen LogP) is -3.19. The zero-order valence-corrected chi connectivity index (χ0v) is 13.2. The Labute approximate surface area is 142 Å². The summed E-state index contributed by atoms with van der Waals surface area (Å²) < 4.78 is 0. The highest BCUT2D eigenvalue weighted by atomic mass is 16.2. The van der Waals surface area contributed by atoms with E-state index in [1.54, 1.807) is 12.1 Å². The zero-order valence-electron chi connectivity index (χ0n) is 13.2. The van der Waals surface area contributed by atoms with Crippen molar-refractivity contribution in [2.24, 2.45) is 23.4 Å². The van der Waals surface area contributed by atoms with Crippen LogP contribution in [0.25, 0.3) is 0 Å². The normalized spacial score (nSPS) is 8.96. The van der Waals surface area contributed by atoms with E-state index < -0.39 is 23.6 Å². The van der Waals surface area contributed by atoms with Gasteiger partial charge in [0.1, 0.15) is 0 Å². The largest absolute Gasteiger partial charge is 0.294 e. The average Bonchev–Trinajstić information content (AvgIpc) is 2.66. The first-order chi connectivity index (χ1) is 11.8. The van der Waals surface area contributed by atoms with Crippen LogP contribution < -0.4 is 45.1 Å². The predicted molar refractivity (Wildman–Crippen MR) is 88.2 cm³/mol. The first-order valence-electron chi connectivity index (χ1n) is 6.61. The van der Waals surface area contributed by atoms with Crippen molar-refractivity contribution in [1.29, 1.82) is 0 Å². The van der Waals surface area contributed by atoms with E-state index in [0.29, 0.717) is 0 Å². The molecule has 0 aliphatic rings. The second-order valence-electron chi connectivity index (χ2n) is 4.31. The standard InChI is InChI=1S/C8H10N4O2.C5H10N4O2/c9-11-7(13)5-3-1-2-4-6(5)8(14)12-10;1-3(5(11)9-7)2-4(10)8-6/h1-4H,9-10H2,(H,11,13)(H,12,14);1-2,6-7H2,(H,8,10)(H,9,11). The molecule has 0 bridgehead atoms. The fourth-order valence-corrected chi connectivity index (χ4v) is 1.46. The highest BCUT2D eigenvalue weighted by Crippen LogP contribution is 2.07. The van der Waals surface area contributed by atoms with Crippen LogP contribution in [0.15, 0.2) is 36.4 Å². The summed E-state index contributed by atoms with van der Waals surface area (Å²) in [5, 5.41) is 0. The van der Waals surface area contributed by atoms with Crippen molar-refractivity contribution in [1.82, 2.24) is 21.7 Å². The Morgan fingerprint density at radius 2 is 1.24 bits per heavy atom. The molecular formula is C13H20N8O4. The molecule has 0 spiro atoms. The molecule has 0 fully saturated rings. The SMILES string of the molecule is C=C(CC(=O)NN)C(=O)NN.NNC(=O)c1ccccc1C(=O)NN. The molecule has 1 aromatic rings. The number of hydrazine groups is 4. The third-order valence-electron chi connectivity index (χ3n) is 2.67. The van der Waals surface area contributed by atoms with Crippen LogP contribution in [0, 0.1) is 0 Å². The fraction of sp³-hybridized carbons (Fsp3) is 0.0769. The zero-order chi connectivity index (χ0) is 19.4. The fourth-order valence-electron chi connectivity index (χ4n) is 1.46. The Morgan fingerprint density at radius 1 is 0.800 bits per heavy atom. The number of nitrogens with two attached hydrogens (primary N) is 4. The van der Waals surface area contributed by atoms with Gasteiger partial charge in [-0.25, -0.2) is 23.4 Å². The molecule has 0 unspecified atom stereocenters. The summed E-state index contributed by atoms with van der Waals surface area (Å²) >= 11 is 0. The van der Waals surface area contributed by atoms with E-state index in [1.165, 1.54) is 12.1 Å². The molecule has 12 heteroatoms. The topological polar surface area (TPSA) is 220 Å². The molecule has 0 saturated carbocycles. The van der Waals surface area contributed by atoms with Crippen LogP contribution in [-0.2, 0) is 9.59 Å². The van der Waals surface area contributed by atoms with Gasteiger partial charge in [-0.2, -0.15) is 0 Å².